The van der Waals surface area contributed by atoms with Crippen LogP contribution in [0.2, 0.25) is 0 Å². The van der Waals surface area contributed by atoms with Crippen molar-refractivity contribution in [3.8, 4) is 0 Å². The fraction of sp³-hybridized carbons (Fsp3) is 0.190. The zero-order valence-electron chi connectivity index (χ0n) is 14.2. The maximum absolute atomic E-state index is 12.4. The highest BCUT2D eigenvalue weighted by molar-refractivity contribution is 5.85. The number of rotatable bonds is 5. The van der Waals surface area contributed by atoms with Gasteiger partial charge in [0.1, 0.15) is 0 Å². The van der Waals surface area contributed by atoms with E-state index >= 15 is 0 Å². The average Bonchev–Trinajstić information content (AvgIpc) is 2.59. The van der Waals surface area contributed by atoms with Gasteiger partial charge in [0.25, 0.3) is 0 Å². The lowest BCUT2D eigenvalue weighted by molar-refractivity contribution is -0.121. The average molecular weight is 355 g/mol. The van der Waals surface area contributed by atoms with Crippen LogP contribution in [0, 0.1) is 6.92 Å². The van der Waals surface area contributed by atoms with Crippen LogP contribution in [-0.4, -0.2) is 12.5 Å². The third-order valence-electron chi connectivity index (χ3n) is 4.19. The van der Waals surface area contributed by atoms with Crippen molar-refractivity contribution in [1.82, 2.24) is 5.32 Å². The third-order valence-corrected chi connectivity index (χ3v) is 4.19. The molecule has 0 aromatic heterocycles. The van der Waals surface area contributed by atoms with Gasteiger partial charge < -0.3 is 11.1 Å². The Bertz CT molecular complexity index is 863. The van der Waals surface area contributed by atoms with Crippen LogP contribution >= 0.6 is 12.4 Å². The summed E-state index contributed by atoms with van der Waals surface area (Å²) < 4.78 is 0. The Morgan fingerprint density at radius 3 is 2.48 bits per heavy atom. The molecule has 0 saturated heterocycles. The lowest BCUT2D eigenvalue weighted by Gasteiger charge is -2.18. The minimum Gasteiger partial charge on any atom is -0.348 e. The normalized spacial score (nSPS) is 11.6. The van der Waals surface area contributed by atoms with Gasteiger partial charge in [0, 0.05) is 6.54 Å². The molecule has 130 valence electrons. The van der Waals surface area contributed by atoms with Gasteiger partial charge in [-0.25, -0.2) is 0 Å². The Morgan fingerprint density at radius 2 is 1.76 bits per heavy atom. The molecule has 0 unspecified atom stereocenters. The van der Waals surface area contributed by atoms with E-state index in [1.807, 2.05) is 49.4 Å². The fourth-order valence-electron chi connectivity index (χ4n) is 2.96. The predicted octanol–water partition coefficient (Wildman–Crippen LogP) is 3.93. The fourth-order valence-corrected chi connectivity index (χ4v) is 2.96. The van der Waals surface area contributed by atoms with E-state index in [-0.39, 0.29) is 24.4 Å². The van der Waals surface area contributed by atoms with Crippen LogP contribution in [0.1, 0.15) is 22.7 Å². The molecule has 0 aliphatic rings. The number of aryl methyl sites for hydroxylation is 1. The Kier molecular flexibility index (Phi) is 6.57. The predicted molar refractivity (Wildman–Crippen MR) is 106 cm³/mol. The van der Waals surface area contributed by atoms with Gasteiger partial charge in [-0.05, 0) is 34.9 Å². The van der Waals surface area contributed by atoms with Gasteiger partial charge in [0.2, 0.25) is 5.91 Å². The Morgan fingerprint density at radius 1 is 1.00 bits per heavy atom. The zero-order chi connectivity index (χ0) is 16.9. The van der Waals surface area contributed by atoms with Gasteiger partial charge >= 0.3 is 0 Å². The van der Waals surface area contributed by atoms with Gasteiger partial charge in [0.05, 0.1) is 12.5 Å². The van der Waals surface area contributed by atoms with E-state index in [9.17, 15) is 4.79 Å². The minimum atomic E-state index is -0.174. The van der Waals surface area contributed by atoms with Crippen molar-refractivity contribution < 1.29 is 4.79 Å². The molecular formula is C21H23ClN2O. The van der Waals surface area contributed by atoms with Crippen LogP contribution in [0.3, 0.4) is 0 Å². The molecule has 25 heavy (non-hydrogen) atoms. The van der Waals surface area contributed by atoms with E-state index in [1.165, 1.54) is 5.39 Å². The maximum Gasteiger partial charge on any atom is 0.224 e. The topological polar surface area (TPSA) is 55.1 Å². The number of halogens is 1. The third kappa shape index (κ3) is 4.81. The van der Waals surface area contributed by atoms with Crippen LogP contribution in [0.5, 0.6) is 0 Å². The van der Waals surface area contributed by atoms with Crippen molar-refractivity contribution in [2.75, 3.05) is 6.54 Å². The molecule has 0 aliphatic carbocycles. The molecule has 0 aliphatic heterocycles. The molecular weight excluding hydrogens is 332 g/mol. The van der Waals surface area contributed by atoms with E-state index in [0.717, 1.165) is 22.1 Å². The van der Waals surface area contributed by atoms with E-state index in [1.54, 1.807) is 0 Å². The van der Waals surface area contributed by atoms with Crippen molar-refractivity contribution in [1.29, 1.82) is 0 Å². The first-order chi connectivity index (χ1) is 11.7. The van der Waals surface area contributed by atoms with Gasteiger partial charge in [-0.1, -0.05) is 66.2 Å². The molecule has 0 spiro atoms. The molecule has 0 bridgehead atoms. The van der Waals surface area contributed by atoms with Gasteiger partial charge in [-0.2, -0.15) is 0 Å². The summed E-state index contributed by atoms with van der Waals surface area (Å²) in [5.41, 5.74) is 9.11. The zero-order valence-corrected chi connectivity index (χ0v) is 15.1. The van der Waals surface area contributed by atoms with Gasteiger partial charge in [-0.15, -0.1) is 12.4 Å². The standard InChI is InChI=1S/C21H22N2O.ClH/c1-15-5-4-6-16(11-15)12-21(24)23-20(14-22)19-10-9-17-7-2-3-8-18(17)13-19;/h2-11,13,20H,12,14,22H2,1H3,(H,23,24);1H/t20-;/m0./s1. The van der Waals surface area contributed by atoms with Crippen LogP contribution < -0.4 is 11.1 Å². The number of hydrogen-bond acceptors (Lipinski definition) is 2. The molecule has 4 heteroatoms. The SMILES string of the molecule is Cc1cccc(CC(=O)N[C@@H](CN)c2ccc3ccccc3c2)c1.Cl. The number of nitrogens with one attached hydrogen (secondary N) is 1. The first-order valence-electron chi connectivity index (χ1n) is 8.19. The molecule has 0 saturated carbocycles. The second-order valence-electron chi connectivity index (χ2n) is 6.13. The number of nitrogens with two attached hydrogens (primary N) is 1. The number of amides is 1. The van der Waals surface area contributed by atoms with Crippen molar-refractivity contribution in [2.45, 2.75) is 19.4 Å². The van der Waals surface area contributed by atoms with Crippen LogP contribution in [-0.2, 0) is 11.2 Å². The molecule has 0 fully saturated rings. The summed E-state index contributed by atoms with van der Waals surface area (Å²) in [5.74, 6) is -0.00999. The first-order valence-corrected chi connectivity index (χ1v) is 8.19. The largest absolute Gasteiger partial charge is 0.348 e. The molecule has 3 aromatic carbocycles. The summed E-state index contributed by atoms with van der Waals surface area (Å²) in [6, 6.07) is 22.2. The lowest BCUT2D eigenvalue weighted by atomic mass is 10.0. The molecule has 3 aromatic rings. The molecule has 1 amide bonds. The van der Waals surface area contributed by atoms with E-state index in [0.29, 0.717) is 13.0 Å². The highest BCUT2D eigenvalue weighted by atomic mass is 35.5. The highest BCUT2D eigenvalue weighted by Crippen LogP contribution is 2.20. The molecule has 3 rings (SSSR count). The number of hydrogen-bond donors (Lipinski definition) is 2. The first kappa shape index (κ1) is 19.0. The number of carbonyl (C=O) groups excluding carboxylic acids is 1. The van der Waals surface area contributed by atoms with E-state index in [2.05, 4.69) is 29.6 Å². The van der Waals surface area contributed by atoms with Crippen LogP contribution in [0.25, 0.3) is 10.8 Å². The summed E-state index contributed by atoms with van der Waals surface area (Å²) >= 11 is 0. The van der Waals surface area contributed by atoms with Crippen molar-refractivity contribution in [3.63, 3.8) is 0 Å². The molecule has 0 radical (unpaired) electrons. The number of benzene rings is 3. The summed E-state index contributed by atoms with van der Waals surface area (Å²) in [6.45, 7) is 2.40. The van der Waals surface area contributed by atoms with Crippen LogP contribution in [0.4, 0.5) is 0 Å². The number of carbonyl (C=O) groups is 1. The van der Waals surface area contributed by atoms with Gasteiger partial charge in [-0.3, -0.25) is 4.79 Å². The number of fused-ring (bicyclic) bond motifs is 1. The highest BCUT2D eigenvalue weighted by Gasteiger charge is 2.14. The van der Waals surface area contributed by atoms with E-state index < -0.39 is 0 Å². The van der Waals surface area contributed by atoms with Crippen LogP contribution in [0.15, 0.2) is 66.7 Å². The second-order valence-corrected chi connectivity index (χ2v) is 6.13. The van der Waals surface area contributed by atoms with Crippen molar-refractivity contribution >= 4 is 29.1 Å². The molecule has 0 heterocycles. The summed E-state index contributed by atoms with van der Waals surface area (Å²) in [5, 5.41) is 5.39. The molecule has 1 atom stereocenters. The van der Waals surface area contributed by atoms with Crippen molar-refractivity contribution in [2.24, 2.45) is 5.73 Å². The summed E-state index contributed by atoms with van der Waals surface area (Å²) in [4.78, 5) is 12.4. The monoisotopic (exact) mass is 354 g/mol. The maximum atomic E-state index is 12.4. The van der Waals surface area contributed by atoms with Crippen molar-refractivity contribution in [3.05, 3.63) is 83.4 Å². The molecule has 3 nitrogen and oxygen atoms in total. The van der Waals surface area contributed by atoms with E-state index in [4.69, 9.17) is 5.73 Å². The smallest absolute Gasteiger partial charge is 0.224 e. The summed E-state index contributed by atoms with van der Waals surface area (Å²) in [6.07, 6.45) is 0.367. The second kappa shape index (κ2) is 8.65. The Balaban J connectivity index is 0.00000225. The lowest BCUT2D eigenvalue weighted by Crippen LogP contribution is -2.34. The summed E-state index contributed by atoms with van der Waals surface area (Å²) in [7, 11) is 0. The quantitative estimate of drug-likeness (QED) is 0.729. The Hall–Kier alpha value is -2.36. The van der Waals surface area contributed by atoms with Gasteiger partial charge in [0.15, 0.2) is 0 Å². The Labute approximate surface area is 154 Å². The molecule has 3 N–H and O–H groups in total. The minimum absolute atomic E-state index is 0.